The third kappa shape index (κ3) is 2.65. The lowest BCUT2D eigenvalue weighted by atomic mass is 9.97. The highest BCUT2D eigenvalue weighted by Crippen LogP contribution is 2.25. The summed E-state index contributed by atoms with van der Waals surface area (Å²) in [5.41, 5.74) is 0.303. The van der Waals surface area contributed by atoms with Gasteiger partial charge in [0.25, 0.3) is 0 Å². The van der Waals surface area contributed by atoms with E-state index in [9.17, 15) is 5.11 Å². The molecular formula is C14H18N2O2S. The van der Waals surface area contributed by atoms with Gasteiger partial charge in [0, 0.05) is 26.1 Å². The number of hydrogen-bond donors (Lipinski definition) is 2. The van der Waals surface area contributed by atoms with Crippen molar-refractivity contribution < 1.29 is 9.84 Å². The fourth-order valence-corrected chi connectivity index (χ4v) is 3.32. The van der Waals surface area contributed by atoms with Gasteiger partial charge in [-0.1, -0.05) is 12.1 Å². The Morgan fingerprint density at radius 1 is 1.53 bits per heavy atom. The highest BCUT2D eigenvalue weighted by molar-refractivity contribution is 7.18. The molecule has 1 saturated heterocycles. The quantitative estimate of drug-likeness (QED) is 0.897. The van der Waals surface area contributed by atoms with Gasteiger partial charge in [-0.3, -0.25) is 0 Å². The van der Waals surface area contributed by atoms with E-state index in [1.165, 1.54) is 4.70 Å². The summed E-state index contributed by atoms with van der Waals surface area (Å²) >= 11 is 1.69. The number of rotatable bonds is 4. The molecule has 2 atom stereocenters. The number of aromatic nitrogens is 1. The van der Waals surface area contributed by atoms with Crippen LogP contribution in [0.4, 0.5) is 0 Å². The molecule has 2 N–H and O–H groups in total. The molecule has 1 fully saturated rings. The Labute approximate surface area is 116 Å². The molecule has 1 aromatic heterocycles. The third-order valence-electron chi connectivity index (χ3n) is 3.71. The van der Waals surface area contributed by atoms with E-state index in [1.54, 1.807) is 11.3 Å². The van der Waals surface area contributed by atoms with E-state index in [0.29, 0.717) is 26.1 Å². The molecule has 19 heavy (non-hydrogen) atoms. The molecule has 1 aliphatic rings. The highest BCUT2D eigenvalue weighted by atomic mass is 32.1. The van der Waals surface area contributed by atoms with E-state index in [0.717, 1.165) is 10.5 Å². The molecule has 0 bridgehead atoms. The lowest BCUT2D eigenvalue weighted by Gasteiger charge is -2.26. The fraction of sp³-hybridized carbons (Fsp3) is 0.500. The number of nitrogens with zero attached hydrogens (tertiary/aromatic N) is 1. The number of benzene rings is 1. The smallest absolute Gasteiger partial charge is 0.108 e. The number of thiazole rings is 1. The van der Waals surface area contributed by atoms with E-state index in [2.05, 4.69) is 16.4 Å². The normalized spacial score (nSPS) is 27.2. The zero-order chi connectivity index (χ0) is 13.3. The number of aliphatic hydroxyl groups is 1. The minimum atomic E-state index is -0.739. The van der Waals surface area contributed by atoms with E-state index < -0.39 is 5.60 Å². The minimum Gasteiger partial charge on any atom is -0.386 e. The topological polar surface area (TPSA) is 54.4 Å². The van der Waals surface area contributed by atoms with E-state index in [-0.39, 0.29) is 6.10 Å². The number of nitrogens with one attached hydrogen (secondary N) is 1. The predicted octanol–water partition coefficient (Wildman–Crippen LogP) is 1.93. The number of para-hydroxylation sites is 1. The summed E-state index contributed by atoms with van der Waals surface area (Å²) in [6, 6.07) is 8.13. The van der Waals surface area contributed by atoms with Gasteiger partial charge in [-0.25, -0.2) is 4.98 Å². The van der Waals surface area contributed by atoms with Crippen molar-refractivity contribution in [1.29, 1.82) is 0 Å². The van der Waals surface area contributed by atoms with Gasteiger partial charge in [0.05, 0.1) is 16.3 Å². The summed E-state index contributed by atoms with van der Waals surface area (Å²) in [5.74, 6) is 0. The van der Waals surface area contributed by atoms with Crippen LogP contribution in [0.2, 0.25) is 0 Å². The van der Waals surface area contributed by atoms with Crippen molar-refractivity contribution in [2.24, 2.45) is 0 Å². The zero-order valence-corrected chi connectivity index (χ0v) is 11.7. The fourth-order valence-electron chi connectivity index (χ4n) is 2.38. The van der Waals surface area contributed by atoms with Gasteiger partial charge in [-0.05, 0) is 19.1 Å². The van der Waals surface area contributed by atoms with Crippen molar-refractivity contribution in [3.05, 3.63) is 29.3 Å². The van der Waals surface area contributed by atoms with Gasteiger partial charge in [0.2, 0.25) is 0 Å². The molecule has 1 aliphatic heterocycles. The van der Waals surface area contributed by atoms with Crippen molar-refractivity contribution >= 4 is 21.6 Å². The van der Waals surface area contributed by atoms with Gasteiger partial charge in [-0.15, -0.1) is 11.3 Å². The Balaban J connectivity index is 1.60. The zero-order valence-electron chi connectivity index (χ0n) is 10.9. The Morgan fingerprint density at radius 3 is 3.11 bits per heavy atom. The lowest BCUT2D eigenvalue weighted by Crippen LogP contribution is -2.45. The average molecular weight is 278 g/mol. The second-order valence-electron chi connectivity index (χ2n) is 5.05. The standard InChI is InChI=1S/C14H18N2O2S/c1-10-14(17,6-7-18-10)9-15-8-13-16-11-4-2-3-5-12(11)19-13/h2-5,10,15,17H,6-9H2,1H3. The second kappa shape index (κ2) is 5.17. The lowest BCUT2D eigenvalue weighted by molar-refractivity contribution is -0.0262. The number of ether oxygens (including phenoxy) is 1. The van der Waals surface area contributed by atoms with E-state index in [4.69, 9.17) is 4.74 Å². The van der Waals surface area contributed by atoms with Gasteiger partial charge in [0.1, 0.15) is 10.6 Å². The van der Waals surface area contributed by atoms with Gasteiger partial charge in [0.15, 0.2) is 0 Å². The van der Waals surface area contributed by atoms with Crippen LogP contribution >= 0.6 is 11.3 Å². The number of hydrogen-bond acceptors (Lipinski definition) is 5. The SMILES string of the molecule is CC1OCCC1(O)CNCc1nc2ccccc2s1. The summed E-state index contributed by atoms with van der Waals surface area (Å²) in [4.78, 5) is 4.56. The van der Waals surface area contributed by atoms with Crippen molar-refractivity contribution in [1.82, 2.24) is 10.3 Å². The summed E-state index contributed by atoms with van der Waals surface area (Å²) < 4.78 is 6.62. The molecule has 0 aliphatic carbocycles. The van der Waals surface area contributed by atoms with Crippen LogP contribution in [0.5, 0.6) is 0 Å². The first-order valence-electron chi connectivity index (χ1n) is 6.56. The molecule has 2 aromatic rings. The first kappa shape index (κ1) is 13.0. The molecule has 1 aromatic carbocycles. The molecule has 3 rings (SSSR count). The second-order valence-corrected chi connectivity index (χ2v) is 6.16. The van der Waals surface area contributed by atoms with Crippen LogP contribution < -0.4 is 5.32 Å². The Morgan fingerprint density at radius 2 is 2.37 bits per heavy atom. The number of fused-ring (bicyclic) bond motifs is 1. The predicted molar refractivity (Wildman–Crippen MR) is 76.3 cm³/mol. The molecular weight excluding hydrogens is 260 g/mol. The van der Waals surface area contributed by atoms with Crippen LogP contribution in [0.3, 0.4) is 0 Å². The first-order chi connectivity index (χ1) is 9.17. The van der Waals surface area contributed by atoms with Crippen LogP contribution in [0.1, 0.15) is 18.4 Å². The van der Waals surface area contributed by atoms with Crippen LogP contribution in [-0.4, -0.2) is 34.9 Å². The third-order valence-corrected chi connectivity index (χ3v) is 4.74. The first-order valence-corrected chi connectivity index (χ1v) is 7.38. The molecule has 0 saturated carbocycles. The van der Waals surface area contributed by atoms with Crippen molar-refractivity contribution in [3.63, 3.8) is 0 Å². The van der Waals surface area contributed by atoms with Crippen molar-refractivity contribution in [3.8, 4) is 0 Å². The molecule has 4 nitrogen and oxygen atoms in total. The van der Waals surface area contributed by atoms with Gasteiger partial charge < -0.3 is 15.2 Å². The maximum absolute atomic E-state index is 10.4. The summed E-state index contributed by atoms with van der Waals surface area (Å²) in [6.45, 7) is 3.80. The van der Waals surface area contributed by atoms with Crippen LogP contribution in [0.25, 0.3) is 10.2 Å². The van der Waals surface area contributed by atoms with Crippen molar-refractivity contribution in [2.75, 3.05) is 13.2 Å². The van der Waals surface area contributed by atoms with E-state index >= 15 is 0 Å². The molecule has 0 amide bonds. The molecule has 5 heteroatoms. The highest BCUT2D eigenvalue weighted by Gasteiger charge is 2.38. The molecule has 2 heterocycles. The monoisotopic (exact) mass is 278 g/mol. The van der Waals surface area contributed by atoms with Crippen LogP contribution in [-0.2, 0) is 11.3 Å². The summed E-state index contributed by atoms with van der Waals surface area (Å²) in [6.07, 6.45) is 0.594. The largest absolute Gasteiger partial charge is 0.386 e. The van der Waals surface area contributed by atoms with E-state index in [1.807, 2.05) is 25.1 Å². The maximum Gasteiger partial charge on any atom is 0.108 e. The molecule has 102 valence electrons. The van der Waals surface area contributed by atoms with Gasteiger partial charge in [-0.2, -0.15) is 0 Å². The van der Waals surface area contributed by atoms with Crippen LogP contribution in [0.15, 0.2) is 24.3 Å². The average Bonchev–Trinajstić information content (AvgIpc) is 2.94. The van der Waals surface area contributed by atoms with Gasteiger partial charge >= 0.3 is 0 Å². The Bertz CT molecular complexity index is 538. The summed E-state index contributed by atoms with van der Waals surface area (Å²) in [5, 5.41) is 14.7. The van der Waals surface area contributed by atoms with Crippen molar-refractivity contribution in [2.45, 2.75) is 31.6 Å². The Kier molecular flexibility index (Phi) is 3.54. The molecule has 0 radical (unpaired) electrons. The maximum atomic E-state index is 10.4. The minimum absolute atomic E-state index is 0.102. The van der Waals surface area contributed by atoms with Crippen LogP contribution in [0, 0.1) is 0 Å². The molecule has 2 unspecified atom stereocenters. The molecule has 0 spiro atoms. The Hall–Kier alpha value is -1.01. The summed E-state index contributed by atoms with van der Waals surface area (Å²) in [7, 11) is 0.